The molecule has 0 spiro atoms. The normalized spacial score (nSPS) is 15.9. The molecule has 2 amide bonds. The van der Waals surface area contributed by atoms with Crippen molar-refractivity contribution in [3.05, 3.63) is 96.1 Å². The minimum atomic E-state index is -0.349. The summed E-state index contributed by atoms with van der Waals surface area (Å²) in [5, 5.41) is 2.84. The van der Waals surface area contributed by atoms with Crippen LogP contribution in [0.1, 0.15) is 22.0 Å². The molecule has 140 valence electrons. The van der Waals surface area contributed by atoms with Gasteiger partial charge in [-0.25, -0.2) is 0 Å². The van der Waals surface area contributed by atoms with E-state index in [1.54, 1.807) is 23.1 Å². The van der Waals surface area contributed by atoms with Crippen molar-refractivity contribution in [1.29, 1.82) is 0 Å². The van der Waals surface area contributed by atoms with Gasteiger partial charge in [-0.3, -0.25) is 9.59 Å². The topological polar surface area (TPSA) is 58.6 Å². The Morgan fingerprint density at radius 3 is 2.32 bits per heavy atom. The number of anilines is 1. The Labute approximate surface area is 163 Å². The maximum atomic E-state index is 13.1. The van der Waals surface area contributed by atoms with Crippen LogP contribution < -0.4 is 10.1 Å². The number of hydrogen-bond acceptors (Lipinski definition) is 3. The van der Waals surface area contributed by atoms with E-state index in [4.69, 9.17) is 4.74 Å². The summed E-state index contributed by atoms with van der Waals surface area (Å²) in [5.41, 5.74) is 2.12. The highest BCUT2D eigenvalue weighted by Crippen LogP contribution is 2.31. The Hall–Kier alpha value is -3.60. The number of para-hydroxylation sites is 2. The highest BCUT2D eigenvalue weighted by Gasteiger charge is 2.30. The van der Waals surface area contributed by atoms with Gasteiger partial charge in [-0.1, -0.05) is 60.7 Å². The lowest BCUT2D eigenvalue weighted by atomic mass is 10.1. The van der Waals surface area contributed by atoms with E-state index in [9.17, 15) is 9.59 Å². The molecule has 3 aromatic rings. The summed E-state index contributed by atoms with van der Waals surface area (Å²) in [5.74, 6) is 0.0790. The predicted octanol–water partition coefficient (Wildman–Crippen LogP) is 3.90. The van der Waals surface area contributed by atoms with Crippen molar-refractivity contribution in [2.24, 2.45) is 0 Å². The van der Waals surface area contributed by atoms with Crippen LogP contribution in [-0.2, 0) is 4.79 Å². The van der Waals surface area contributed by atoms with E-state index < -0.39 is 0 Å². The molecule has 0 saturated carbocycles. The van der Waals surface area contributed by atoms with Crippen molar-refractivity contribution < 1.29 is 14.3 Å². The molecule has 0 aromatic heterocycles. The number of carbonyl (C=O) groups is 2. The van der Waals surface area contributed by atoms with Crippen LogP contribution in [0.5, 0.6) is 5.75 Å². The quantitative estimate of drug-likeness (QED) is 0.756. The van der Waals surface area contributed by atoms with Crippen molar-refractivity contribution in [1.82, 2.24) is 4.90 Å². The van der Waals surface area contributed by atoms with E-state index in [-0.39, 0.29) is 24.5 Å². The van der Waals surface area contributed by atoms with Gasteiger partial charge in [0, 0.05) is 5.69 Å². The second-order valence-corrected chi connectivity index (χ2v) is 6.61. The molecule has 0 radical (unpaired) electrons. The van der Waals surface area contributed by atoms with Crippen LogP contribution in [0.15, 0.2) is 84.9 Å². The van der Waals surface area contributed by atoms with Gasteiger partial charge < -0.3 is 15.0 Å². The number of hydrogen-bond donors (Lipinski definition) is 1. The SMILES string of the molecule is O=C(CN1CC(c2ccccc2)Oc2ccccc2C1=O)Nc1ccccc1. The van der Waals surface area contributed by atoms with Crippen LogP contribution in [0.2, 0.25) is 0 Å². The molecule has 0 fully saturated rings. The Morgan fingerprint density at radius 1 is 0.929 bits per heavy atom. The van der Waals surface area contributed by atoms with Crippen molar-refractivity contribution >= 4 is 17.5 Å². The third-order valence-electron chi connectivity index (χ3n) is 4.62. The molecule has 1 aliphatic rings. The van der Waals surface area contributed by atoms with Crippen molar-refractivity contribution in [2.45, 2.75) is 6.10 Å². The summed E-state index contributed by atoms with van der Waals surface area (Å²) < 4.78 is 6.15. The predicted molar refractivity (Wildman–Crippen MR) is 107 cm³/mol. The van der Waals surface area contributed by atoms with E-state index in [0.717, 1.165) is 5.56 Å². The van der Waals surface area contributed by atoms with Gasteiger partial charge in [0.2, 0.25) is 5.91 Å². The highest BCUT2D eigenvalue weighted by molar-refractivity contribution is 6.01. The average Bonchev–Trinajstić information content (AvgIpc) is 2.87. The fourth-order valence-corrected chi connectivity index (χ4v) is 3.26. The lowest BCUT2D eigenvalue weighted by Gasteiger charge is -2.24. The minimum absolute atomic E-state index is 0.0469. The largest absolute Gasteiger partial charge is 0.483 e. The van der Waals surface area contributed by atoms with E-state index in [0.29, 0.717) is 23.5 Å². The molecule has 1 atom stereocenters. The molecule has 0 aliphatic carbocycles. The van der Waals surface area contributed by atoms with E-state index >= 15 is 0 Å². The summed E-state index contributed by atoms with van der Waals surface area (Å²) in [6.45, 7) is 0.245. The van der Waals surface area contributed by atoms with Crippen molar-refractivity contribution in [3.63, 3.8) is 0 Å². The van der Waals surface area contributed by atoms with Gasteiger partial charge in [0.05, 0.1) is 12.1 Å². The highest BCUT2D eigenvalue weighted by atomic mass is 16.5. The molecule has 5 heteroatoms. The molecule has 1 aliphatic heterocycles. The van der Waals surface area contributed by atoms with E-state index in [1.165, 1.54) is 0 Å². The molecule has 5 nitrogen and oxygen atoms in total. The van der Waals surface area contributed by atoms with Gasteiger partial charge in [0.15, 0.2) is 0 Å². The van der Waals surface area contributed by atoms with Gasteiger partial charge in [-0.15, -0.1) is 0 Å². The Balaban J connectivity index is 1.60. The molecule has 1 heterocycles. The lowest BCUT2D eigenvalue weighted by molar-refractivity contribution is -0.117. The first-order chi connectivity index (χ1) is 13.7. The number of benzene rings is 3. The zero-order valence-electron chi connectivity index (χ0n) is 15.2. The number of carbonyl (C=O) groups excluding carboxylic acids is 2. The third-order valence-corrected chi connectivity index (χ3v) is 4.62. The van der Waals surface area contributed by atoms with Crippen LogP contribution in [0, 0.1) is 0 Å². The van der Waals surface area contributed by atoms with Crippen LogP contribution in [0.25, 0.3) is 0 Å². The summed E-state index contributed by atoms with van der Waals surface area (Å²) in [4.78, 5) is 27.2. The summed E-state index contributed by atoms with van der Waals surface area (Å²) in [6, 6.07) is 26.1. The second kappa shape index (κ2) is 7.96. The first-order valence-corrected chi connectivity index (χ1v) is 9.15. The number of amides is 2. The fraction of sp³-hybridized carbons (Fsp3) is 0.130. The molecule has 0 bridgehead atoms. The molecule has 3 aromatic carbocycles. The maximum Gasteiger partial charge on any atom is 0.258 e. The van der Waals surface area contributed by atoms with Gasteiger partial charge in [-0.2, -0.15) is 0 Å². The first kappa shape index (κ1) is 17.8. The zero-order chi connectivity index (χ0) is 19.3. The second-order valence-electron chi connectivity index (χ2n) is 6.61. The minimum Gasteiger partial charge on any atom is -0.483 e. The van der Waals surface area contributed by atoms with Gasteiger partial charge in [-0.05, 0) is 29.8 Å². The smallest absolute Gasteiger partial charge is 0.258 e. The number of nitrogens with one attached hydrogen (secondary N) is 1. The molecular weight excluding hydrogens is 352 g/mol. The number of ether oxygens (including phenoxy) is 1. The standard InChI is InChI=1S/C23H20N2O3/c26-22(24-18-11-5-2-6-12-18)16-25-15-21(17-9-3-1-4-10-17)28-20-14-8-7-13-19(20)23(25)27/h1-14,21H,15-16H2,(H,24,26). The van der Waals surface area contributed by atoms with E-state index in [1.807, 2.05) is 66.7 Å². The van der Waals surface area contributed by atoms with Crippen LogP contribution in [0.3, 0.4) is 0 Å². The Bertz CT molecular complexity index is 973. The molecule has 28 heavy (non-hydrogen) atoms. The average molecular weight is 372 g/mol. The third kappa shape index (κ3) is 3.88. The monoisotopic (exact) mass is 372 g/mol. The first-order valence-electron chi connectivity index (χ1n) is 9.15. The molecule has 0 saturated heterocycles. The summed E-state index contributed by atoms with van der Waals surface area (Å²) >= 11 is 0. The summed E-state index contributed by atoms with van der Waals surface area (Å²) in [7, 11) is 0. The van der Waals surface area contributed by atoms with E-state index in [2.05, 4.69) is 5.32 Å². The molecular formula is C23H20N2O3. The van der Waals surface area contributed by atoms with Crippen LogP contribution in [0.4, 0.5) is 5.69 Å². The number of nitrogens with zero attached hydrogens (tertiary/aromatic N) is 1. The molecule has 1 N–H and O–H groups in total. The van der Waals surface area contributed by atoms with Gasteiger partial charge >= 0.3 is 0 Å². The number of rotatable bonds is 4. The number of fused-ring (bicyclic) bond motifs is 1. The molecule has 1 unspecified atom stereocenters. The fourth-order valence-electron chi connectivity index (χ4n) is 3.26. The van der Waals surface area contributed by atoms with Gasteiger partial charge in [0.1, 0.15) is 18.4 Å². The summed E-state index contributed by atoms with van der Waals surface area (Å²) in [6.07, 6.45) is -0.349. The van der Waals surface area contributed by atoms with Crippen LogP contribution in [-0.4, -0.2) is 29.8 Å². The van der Waals surface area contributed by atoms with Crippen molar-refractivity contribution in [2.75, 3.05) is 18.4 Å². The molecule has 4 rings (SSSR count). The maximum absolute atomic E-state index is 13.1. The van der Waals surface area contributed by atoms with Crippen LogP contribution >= 0.6 is 0 Å². The zero-order valence-corrected chi connectivity index (χ0v) is 15.2. The van der Waals surface area contributed by atoms with Crippen molar-refractivity contribution in [3.8, 4) is 5.75 Å². The Morgan fingerprint density at radius 2 is 1.57 bits per heavy atom. The van der Waals surface area contributed by atoms with Gasteiger partial charge in [0.25, 0.3) is 5.91 Å². The lowest BCUT2D eigenvalue weighted by Crippen LogP contribution is -2.39. The Kier molecular flexibility index (Phi) is 5.06.